The summed E-state index contributed by atoms with van der Waals surface area (Å²) in [7, 11) is 0. The van der Waals surface area contributed by atoms with Crippen LogP contribution in [-0.4, -0.2) is 84.9 Å². The van der Waals surface area contributed by atoms with Gasteiger partial charge in [0, 0.05) is 31.8 Å². The van der Waals surface area contributed by atoms with Crippen LogP contribution in [-0.2, 0) is 16.1 Å². The van der Waals surface area contributed by atoms with Crippen LogP contribution >= 0.6 is 23.5 Å². The summed E-state index contributed by atoms with van der Waals surface area (Å²) < 4.78 is 1.87. The van der Waals surface area contributed by atoms with Gasteiger partial charge in [-0.2, -0.15) is 5.10 Å². The average molecular weight is 543 g/mol. The van der Waals surface area contributed by atoms with Gasteiger partial charge in [0.2, 0.25) is 11.8 Å². The first kappa shape index (κ1) is 25.0. The summed E-state index contributed by atoms with van der Waals surface area (Å²) >= 11 is 3.25. The van der Waals surface area contributed by atoms with Crippen LogP contribution in [0.5, 0.6) is 0 Å². The van der Waals surface area contributed by atoms with Gasteiger partial charge < -0.3 is 10.2 Å². The maximum Gasteiger partial charge on any atom is 0.234 e. The number of nitrogens with one attached hydrogen (secondary N) is 1. The summed E-state index contributed by atoms with van der Waals surface area (Å²) in [6.07, 6.45) is 8.67. The number of amidine groups is 1. The summed E-state index contributed by atoms with van der Waals surface area (Å²) in [4.78, 5) is 44.7. The molecule has 10 nitrogen and oxygen atoms in total. The molecule has 0 bridgehead atoms. The lowest BCUT2D eigenvalue weighted by molar-refractivity contribution is -0.135. The second-order valence-electron chi connectivity index (χ2n) is 10.2. The predicted molar refractivity (Wildman–Crippen MR) is 147 cm³/mol. The normalized spacial score (nSPS) is 25.4. The zero-order valence-corrected chi connectivity index (χ0v) is 22.9. The maximum atomic E-state index is 13.2. The van der Waals surface area contributed by atoms with Gasteiger partial charge >= 0.3 is 0 Å². The highest BCUT2D eigenvalue weighted by atomic mass is 32.2. The molecule has 2 aromatic rings. The molecule has 198 valence electrons. The minimum absolute atomic E-state index is 0.00180. The maximum absolute atomic E-state index is 13.2. The zero-order valence-electron chi connectivity index (χ0n) is 21.3. The molecule has 12 heteroatoms. The molecule has 2 saturated heterocycles. The van der Waals surface area contributed by atoms with E-state index in [4.69, 9.17) is 15.0 Å². The molecule has 0 radical (unpaired) electrons. The number of thioether (sulfide) groups is 2. The van der Waals surface area contributed by atoms with E-state index >= 15 is 0 Å². The SMILES string of the molecule is CCSc1nc(N2CCCC2)c2cnn(CCNC(=O)CC3CSC4=NC5CCCCC5C(=O)N43)c2n1. The topological polar surface area (TPSA) is 109 Å². The second kappa shape index (κ2) is 10.8. The van der Waals surface area contributed by atoms with Gasteiger partial charge in [0.25, 0.3) is 0 Å². The third-order valence-corrected chi connectivity index (χ3v) is 9.58. The third kappa shape index (κ3) is 4.94. The van der Waals surface area contributed by atoms with Crippen molar-refractivity contribution in [1.82, 2.24) is 30.0 Å². The lowest BCUT2D eigenvalue weighted by Gasteiger charge is -2.37. The minimum atomic E-state index is -0.117. The van der Waals surface area contributed by atoms with Crippen molar-refractivity contribution < 1.29 is 9.59 Å². The van der Waals surface area contributed by atoms with Gasteiger partial charge in [0.1, 0.15) is 5.82 Å². The number of amides is 2. The third-order valence-electron chi connectivity index (χ3n) is 7.74. The fourth-order valence-electron chi connectivity index (χ4n) is 5.90. The molecule has 1 aliphatic carbocycles. The lowest BCUT2D eigenvalue weighted by atomic mass is 9.83. The number of hydrogen-bond donors (Lipinski definition) is 1. The number of rotatable bonds is 8. The minimum Gasteiger partial charge on any atom is -0.356 e. The van der Waals surface area contributed by atoms with E-state index in [1.54, 1.807) is 23.5 Å². The van der Waals surface area contributed by atoms with Crippen LogP contribution in [0.1, 0.15) is 51.9 Å². The van der Waals surface area contributed by atoms with Crippen LogP contribution in [0.15, 0.2) is 16.3 Å². The number of aliphatic imine (C=N–C) groups is 1. The number of nitrogens with zero attached hydrogens (tertiary/aromatic N) is 7. The fourth-order valence-corrected chi connectivity index (χ4v) is 7.66. The van der Waals surface area contributed by atoms with Crippen molar-refractivity contribution in [3.8, 4) is 0 Å². The van der Waals surface area contributed by atoms with E-state index in [1.807, 2.05) is 15.8 Å². The van der Waals surface area contributed by atoms with E-state index in [1.165, 1.54) is 12.8 Å². The molecule has 1 N–H and O–H groups in total. The van der Waals surface area contributed by atoms with Crippen LogP contribution in [0.2, 0.25) is 0 Å². The van der Waals surface area contributed by atoms with Crippen molar-refractivity contribution in [2.24, 2.45) is 10.9 Å². The Kier molecular flexibility index (Phi) is 7.29. The first-order valence-electron chi connectivity index (χ1n) is 13.5. The van der Waals surface area contributed by atoms with E-state index < -0.39 is 0 Å². The Labute approximate surface area is 225 Å². The molecule has 0 spiro atoms. The zero-order chi connectivity index (χ0) is 25.4. The molecule has 3 atom stereocenters. The fraction of sp³-hybridized carbons (Fsp3) is 0.680. The van der Waals surface area contributed by atoms with Gasteiger partial charge in [0.05, 0.1) is 36.1 Å². The van der Waals surface area contributed by atoms with Crippen molar-refractivity contribution in [3.05, 3.63) is 6.20 Å². The van der Waals surface area contributed by atoms with Crippen LogP contribution in [0.25, 0.3) is 11.0 Å². The molecule has 3 aliphatic heterocycles. The second-order valence-corrected chi connectivity index (χ2v) is 12.4. The molecule has 4 aliphatic rings. The Morgan fingerprint density at radius 2 is 2.03 bits per heavy atom. The van der Waals surface area contributed by atoms with Crippen molar-refractivity contribution in [2.75, 3.05) is 36.0 Å². The van der Waals surface area contributed by atoms with Gasteiger partial charge in [-0.15, -0.1) is 0 Å². The Morgan fingerprint density at radius 3 is 2.86 bits per heavy atom. The summed E-state index contributed by atoms with van der Waals surface area (Å²) in [6.45, 7) is 5.10. The molecule has 2 amide bonds. The summed E-state index contributed by atoms with van der Waals surface area (Å²) in [5.74, 6) is 2.73. The standard InChI is InChI=1S/C25H34N8O2S2/c1-2-36-24-29-21(31-10-5-6-11-31)18-14-27-32(22(18)30-24)12-9-26-20(34)13-16-15-37-25-28-19-8-4-3-7-17(19)23(35)33(16)25/h14,16-17,19H,2-13,15H2,1H3,(H,26,34). The van der Waals surface area contributed by atoms with Gasteiger partial charge in [-0.3, -0.25) is 19.5 Å². The van der Waals surface area contributed by atoms with E-state index in [-0.39, 0.29) is 29.8 Å². The molecule has 3 unspecified atom stereocenters. The number of hydrogen-bond acceptors (Lipinski definition) is 9. The summed E-state index contributed by atoms with van der Waals surface area (Å²) in [5.41, 5.74) is 0.816. The van der Waals surface area contributed by atoms with Crippen LogP contribution in [0.3, 0.4) is 0 Å². The number of carbonyl (C=O) groups excluding carboxylic acids is 2. The Hall–Kier alpha value is -2.34. The number of anilines is 1. The smallest absolute Gasteiger partial charge is 0.234 e. The Balaban J connectivity index is 1.09. The molecule has 5 heterocycles. The van der Waals surface area contributed by atoms with E-state index in [9.17, 15) is 9.59 Å². The Bertz CT molecular complexity index is 1210. The highest BCUT2D eigenvalue weighted by molar-refractivity contribution is 8.14. The quantitative estimate of drug-likeness (QED) is 0.401. The highest BCUT2D eigenvalue weighted by Gasteiger charge is 2.45. The molecule has 37 heavy (non-hydrogen) atoms. The Morgan fingerprint density at radius 1 is 1.19 bits per heavy atom. The molecule has 0 aromatic carbocycles. The molecule has 3 fully saturated rings. The lowest BCUT2D eigenvalue weighted by Crippen LogP contribution is -2.51. The van der Waals surface area contributed by atoms with E-state index in [2.05, 4.69) is 22.2 Å². The molecular formula is C25H34N8O2S2. The highest BCUT2D eigenvalue weighted by Crippen LogP contribution is 2.38. The van der Waals surface area contributed by atoms with Gasteiger partial charge in [-0.05, 0) is 31.4 Å². The van der Waals surface area contributed by atoms with Crippen molar-refractivity contribution >= 4 is 57.4 Å². The molecular weight excluding hydrogens is 508 g/mol. The monoisotopic (exact) mass is 542 g/mol. The van der Waals surface area contributed by atoms with Crippen molar-refractivity contribution in [2.45, 2.75) is 75.7 Å². The first-order valence-corrected chi connectivity index (χ1v) is 15.5. The summed E-state index contributed by atoms with van der Waals surface area (Å²) in [5, 5.41) is 10.2. The molecule has 1 saturated carbocycles. The number of carbonyl (C=O) groups is 2. The average Bonchev–Trinajstić information content (AvgIpc) is 3.65. The van der Waals surface area contributed by atoms with Gasteiger partial charge in [-0.25, -0.2) is 14.6 Å². The predicted octanol–water partition coefficient (Wildman–Crippen LogP) is 2.92. The van der Waals surface area contributed by atoms with E-state index in [0.29, 0.717) is 19.5 Å². The van der Waals surface area contributed by atoms with E-state index in [0.717, 1.165) is 77.5 Å². The van der Waals surface area contributed by atoms with Gasteiger partial charge in [0.15, 0.2) is 16.0 Å². The first-order chi connectivity index (χ1) is 18.1. The summed E-state index contributed by atoms with van der Waals surface area (Å²) in [6, 6.07) is 0.0246. The van der Waals surface area contributed by atoms with Crippen molar-refractivity contribution in [1.29, 1.82) is 0 Å². The molecule has 6 rings (SSSR count). The van der Waals surface area contributed by atoms with Crippen LogP contribution in [0.4, 0.5) is 5.82 Å². The number of fused-ring (bicyclic) bond motifs is 3. The van der Waals surface area contributed by atoms with Gasteiger partial charge in [-0.1, -0.05) is 43.3 Å². The largest absolute Gasteiger partial charge is 0.356 e. The van der Waals surface area contributed by atoms with Crippen LogP contribution in [0, 0.1) is 5.92 Å². The van der Waals surface area contributed by atoms with Crippen molar-refractivity contribution in [3.63, 3.8) is 0 Å². The number of aromatic nitrogens is 4. The van der Waals surface area contributed by atoms with Crippen LogP contribution < -0.4 is 10.2 Å². The molecule has 2 aromatic heterocycles.